The average molecular weight is 504 g/mol. The van der Waals surface area contributed by atoms with E-state index in [1.165, 1.54) is 32.4 Å². The van der Waals surface area contributed by atoms with Gasteiger partial charge in [-0.1, -0.05) is 6.07 Å². The first-order chi connectivity index (χ1) is 16.5. The van der Waals surface area contributed by atoms with Crippen LogP contribution in [0.15, 0.2) is 65.6 Å². The molecule has 0 saturated carbocycles. The third-order valence-electron chi connectivity index (χ3n) is 5.27. The number of hydrogen-bond donors (Lipinski definition) is 2. The Morgan fingerprint density at radius 3 is 2.23 bits per heavy atom. The van der Waals surface area contributed by atoms with Crippen molar-refractivity contribution in [2.45, 2.75) is 11.1 Å². The molecule has 1 heterocycles. The lowest BCUT2D eigenvalue weighted by Crippen LogP contribution is -2.13. The minimum absolute atomic E-state index is 0.0335. The van der Waals surface area contributed by atoms with Crippen molar-refractivity contribution in [1.82, 2.24) is 0 Å². The maximum absolute atomic E-state index is 12.9. The molecule has 1 aliphatic rings. The summed E-state index contributed by atoms with van der Waals surface area (Å²) in [6.07, 6.45) is -2.95. The average Bonchev–Trinajstić information content (AvgIpc) is 3.12. The Bertz CT molecular complexity index is 1430. The molecule has 1 aliphatic heterocycles. The zero-order valence-electron chi connectivity index (χ0n) is 18.4. The van der Waals surface area contributed by atoms with Gasteiger partial charge in [-0.3, -0.25) is 9.52 Å². The Labute approximate surface area is 199 Å². The number of fused-ring (bicyclic) bond motifs is 1. The van der Waals surface area contributed by atoms with Crippen LogP contribution in [-0.2, 0) is 21.0 Å². The van der Waals surface area contributed by atoms with Crippen LogP contribution in [0.25, 0.3) is 11.6 Å². The van der Waals surface area contributed by atoms with Gasteiger partial charge in [0, 0.05) is 22.5 Å². The zero-order valence-corrected chi connectivity index (χ0v) is 19.3. The fraction of sp³-hybridized carbons (Fsp3) is 0.125. The quantitative estimate of drug-likeness (QED) is 0.460. The van der Waals surface area contributed by atoms with E-state index in [0.29, 0.717) is 28.3 Å². The van der Waals surface area contributed by atoms with Crippen molar-refractivity contribution >= 4 is 39.0 Å². The van der Waals surface area contributed by atoms with E-state index in [1.54, 1.807) is 24.3 Å². The number of hydrogen-bond acceptors (Lipinski definition) is 5. The van der Waals surface area contributed by atoms with E-state index >= 15 is 0 Å². The molecule has 2 N–H and O–H groups in total. The minimum atomic E-state index is -4.53. The molecule has 0 saturated heterocycles. The molecule has 0 unspecified atom stereocenters. The summed E-state index contributed by atoms with van der Waals surface area (Å²) in [6, 6.07) is 12.8. The summed E-state index contributed by atoms with van der Waals surface area (Å²) in [7, 11) is -1.17. The van der Waals surface area contributed by atoms with E-state index in [4.69, 9.17) is 9.47 Å². The van der Waals surface area contributed by atoms with E-state index in [9.17, 15) is 26.4 Å². The van der Waals surface area contributed by atoms with Crippen LogP contribution in [0, 0.1) is 0 Å². The second kappa shape index (κ2) is 8.99. The fourth-order valence-corrected chi connectivity index (χ4v) is 4.61. The number of methoxy groups -OCH3 is 2. The summed E-state index contributed by atoms with van der Waals surface area (Å²) in [4.78, 5) is 12.4. The number of nitrogens with one attached hydrogen (secondary N) is 2. The molecule has 7 nitrogen and oxygen atoms in total. The lowest BCUT2D eigenvalue weighted by molar-refractivity contribution is -0.137. The minimum Gasteiger partial charge on any atom is -0.493 e. The maximum Gasteiger partial charge on any atom is 0.416 e. The lowest BCUT2D eigenvalue weighted by Gasteiger charge is -2.11. The van der Waals surface area contributed by atoms with Crippen molar-refractivity contribution in [3.05, 3.63) is 77.4 Å². The standard InChI is InChI=1S/C24H19F3N2O5S/c1-33-21-10-3-14(12-22(21)34-2)11-19-18-13-17(8-9-20(18)28-23(19)30)35(31,32)29-16-6-4-15(5-7-16)24(25,26)27/h3-13,29H,1-2H3,(H,28,30). The van der Waals surface area contributed by atoms with Crippen LogP contribution in [0.5, 0.6) is 11.5 Å². The molecular formula is C24H19F3N2O5S. The molecule has 3 aromatic carbocycles. The fourth-order valence-electron chi connectivity index (χ4n) is 3.53. The van der Waals surface area contributed by atoms with Crippen LogP contribution in [0.2, 0.25) is 0 Å². The molecule has 1 amide bonds. The van der Waals surface area contributed by atoms with Gasteiger partial charge in [-0.05, 0) is 66.2 Å². The Hall–Kier alpha value is -3.99. The van der Waals surface area contributed by atoms with Crippen molar-refractivity contribution < 1.29 is 35.9 Å². The number of alkyl halides is 3. The highest BCUT2D eigenvalue weighted by atomic mass is 32.2. The monoisotopic (exact) mass is 504 g/mol. The molecule has 0 fully saturated rings. The number of benzene rings is 3. The Morgan fingerprint density at radius 2 is 1.60 bits per heavy atom. The molecule has 0 radical (unpaired) electrons. The van der Waals surface area contributed by atoms with Gasteiger partial charge in [0.25, 0.3) is 15.9 Å². The molecule has 182 valence electrons. The van der Waals surface area contributed by atoms with E-state index in [-0.39, 0.29) is 16.2 Å². The molecule has 11 heteroatoms. The highest BCUT2D eigenvalue weighted by molar-refractivity contribution is 7.92. The number of carbonyl (C=O) groups excluding carboxylic acids is 1. The Balaban J connectivity index is 1.66. The van der Waals surface area contributed by atoms with Gasteiger partial charge in [0.1, 0.15) is 0 Å². The van der Waals surface area contributed by atoms with Crippen LogP contribution in [0.3, 0.4) is 0 Å². The van der Waals surface area contributed by atoms with Gasteiger partial charge < -0.3 is 14.8 Å². The van der Waals surface area contributed by atoms with Crippen LogP contribution < -0.4 is 19.5 Å². The number of halogens is 3. The van der Waals surface area contributed by atoms with Gasteiger partial charge in [-0.15, -0.1) is 0 Å². The summed E-state index contributed by atoms with van der Waals surface area (Å²) >= 11 is 0. The zero-order chi connectivity index (χ0) is 25.4. The Kier molecular flexibility index (Phi) is 6.20. The second-order valence-electron chi connectivity index (χ2n) is 7.51. The maximum atomic E-state index is 12.9. The molecule has 0 atom stereocenters. The number of ether oxygens (including phenoxy) is 2. The smallest absolute Gasteiger partial charge is 0.416 e. The third-order valence-corrected chi connectivity index (χ3v) is 6.65. The van der Waals surface area contributed by atoms with Crippen molar-refractivity contribution in [1.29, 1.82) is 0 Å². The summed E-state index contributed by atoms with van der Waals surface area (Å²) in [5.74, 6) is 0.547. The molecule has 4 rings (SSSR count). The summed E-state index contributed by atoms with van der Waals surface area (Å²) < 4.78 is 76.8. The Morgan fingerprint density at radius 1 is 0.914 bits per heavy atom. The second-order valence-corrected chi connectivity index (χ2v) is 9.20. The van der Waals surface area contributed by atoms with Crippen molar-refractivity contribution in [3.8, 4) is 11.5 Å². The summed E-state index contributed by atoms with van der Waals surface area (Å²) in [6.45, 7) is 0. The number of rotatable bonds is 6. The molecule has 0 spiro atoms. The SMILES string of the molecule is COc1ccc(C=C2C(=O)Nc3ccc(S(=O)(=O)Nc4ccc(C(F)(F)F)cc4)cc32)cc1OC. The summed E-state index contributed by atoms with van der Waals surface area (Å²) in [5, 5.41) is 2.68. The van der Waals surface area contributed by atoms with Crippen molar-refractivity contribution in [2.24, 2.45) is 0 Å². The molecule has 3 aromatic rings. The van der Waals surface area contributed by atoms with Gasteiger partial charge >= 0.3 is 6.18 Å². The predicted octanol–water partition coefficient (Wildman–Crippen LogP) is 5.02. The highest BCUT2D eigenvalue weighted by Gasteiger charge is 2.30. The molecule has 0 aliphatic carbocycles. The molecule has 0 bridgehead atoms. The van der Waals surface area contributed by atoms with Gasteiger partial charge in [0.15, 0.2) is 11.5 Å². The lowest BCUT2D eigenvalue weighted by atomic mass is 10.0. The normalized spacial score (nSPS) is 14.4. The molecule has 0 aromatic heterocycles. The van der Waals surface area contributed by atoms with E-state index in [1.807, 2.05) is 0 Å². The van der Waals surface area contributed by atoms with Crippen molar-refractivity contribution in [3.63, 3.8) is 0 Å². The highest BCUT2D eigenvalue weighted by Crippen LogP contribution is 2.37. The van der Waals surface area contributed by atoms with Crippen LogP contribution in [0.4, 0.5) is 24.5 Å². The van der Waals surface area contributed by atoms with Crippen molar-refractivity contribution in [2.75, 3.05) is 24.3 Å². The first-order valence-electron chi connectivity index (χ1n) is 10.1. The van der Waals surface area contributed by atoms with E-state index in [2.05, 4.69) is 10.0 Å². The van der Waals surface area contributed by atoms with Crippen LogP contribution >= 0.6 is 0 Å². The number of anilines is 2. The van der Waals surface area contributed by atoms with Crippen LogP contribution in [0.1, 0.15) is 16.7 Å². The van der Waals surface area contributed by atoms with Gasteiger partial charge in [-0.2, -0.15) is 13.2 Å². The molecule has 35 heavy (non-hydrogen) atoms. The largest absolute Gasteiger partial charge is 0.493 e. The molecular weight excluding hydrogens is 485 g/mol. The topological polar surface area (TPSA) is 93.7 Å². The first-order valence-corrected chi connectivity index (χ1v) is 11.6. The van der Waals surface area contributed by atoms with Gasteiger partial charge in [0.05, 0.1) is 24.7 Å². The van der Waals surface area contributed by atoms with E-state index in [0.717, 1.165) is 24.3 Å². The van der Waals surface area contributed by atoms with Gasteiger partial charge in [-0.25, -0.2) is 8.42 Å². The number of sulfonamides is 1. The van der Waals surface area contributed by atoms with Crippen LogP contribution in [-0.4, -0.2) is 28.5 Å². The first kappa shape index (κ1) is 24.1. The summed E-state index contributed by atoms with van der Waals surface area (Å²) in [5.41, 5.74) is 0.715. The number of amides is 1. The number of carbonyl (C=O) groups is 1. The third kappa shape index (κ3) is 4.94. The van der Waals surface area contributed by atoms with E-state index < -0.39 is 27.7 Å². The van der Waals surface area contributed by atoms with Gasteiger partial charge in [0.2, 0.25) is 0 Å². The predicted molar refractivity (Wildman–Crippen MR) is 125 cm³/mol.